The van der Waals surface area contributed by atoms with E-state index in [1.54, 1.807) is 7.11 Å². The molecule has 1 rings (SSSR count). The van der Waals surface area contributed by atoms with E-state index in [4.69, 9.17) is 27.2 Å². The average molecular weight is 287 g/mol. The number of nitrogens with two attached hydrogens (primary N) is 1. The summed E-state index contributed by atoms with van der Waals surface area (Å²) >= 11 is 6.24. The number of rotatable bonds is 9. The van der Waals surface area contributed by atoms with Gasteiger partial charge in [0.1, 0.15) is 5.75 Å². The van der Waals surface area contributed by atoms with Gasteiger partial charge in [0.2, 0.25) is 0 Å². The van der Waals surface area contributed by atoms with E-state index in [0.717, 1.165) is 37.1 Å². The molecule has 4 N–H and O–H groups in total. The van der Waals surface area contributed by atoms with Crippen molar-refractivity contribution in [3.8, 4) is 5.75 Å². The van der Waals surface area contributed by atoms with Gasteiger partial charge in [0.05, 0.1) is 7.11 Å². The number of benzene rings is 1. The van der Waals surface area contributed by atoms with Gasteiger partial charge in [-0.3, -0.25) is 0 Å². The predicted molar refractivity (Wildman–Crippen MR) is 78.7 cm³/mol. The second-order valence-electron chi connectivity index (χ2n) is 4.38. The molecule has 0 aliphatic rings. The molecule has 1 aromatic carbocycles. The molecule has 0 saturated carbocycles. The molecule has 0 bridgehead atoms. The van der Waals surface area contributed by atoms with E-state index in [1.807, 2.05) is 18.2 Å². The maximum Gasteiger partial charge on any atom is 0.125 e. The van der Waals surface area contributed by atoms with Crippen LogP contribution in [0, 0.1) is 0 Å². The lowest BCUT2D eigenvalue weighted by Gasteiger charge is -2.21. The Morgan fingerprint density at radius 1 is 1.37 bits per heavy atom. The van der Waals surface area contributed by atoms with Gasteiger partial charge >= 0.3 is 0 Å². The molecule has 1 aromatic rings. The quantitative estimate of drug-likeness (QED) is 0.608. The first-order valence-corrected chi connectivity index (χ1v) is 6.99. The second kappa shape index (κ2) is 9.15. The summed E-state index contributed by atoms with van der Waals surface area (Å²) in [4.78, 5) is 0. The number of hydrogen-bond acceptors (Lipinski definition) is 4. The summed E-state index contributed by atoms with van der Waals surface area (Å²) < 4.78 is 5.34. The highest BCUT2D eigenvalue weighted by molar-refractivity contribution is 6.31. The van der Waals surface area contributed by atoms with Gasteiger partial charge in [-0.2, -0.15) is 0 Å². The molecule has 4 nitrogen and oxygen atoms in total. The van der Waals surface area contributed by atoms with Crippen molar-refractivity contribution in [3.05, 3.63) is 28.8 Å². The maximum absolute atomic E-state index is 8.73. The Bertz CT molecular complexity index is 374. The lowest BCUT2D eigenvalue weighted by atomic mass is 10.1. The van der Waals surface area contributed by atoms with E-state index < -0.39 is 0 Å². The van der Waals surface area contributed by atoms with Crippen molar-refractivity contribution < 1.29 is 9.84 Å². The van der Waals surface area contributed by atoms with E-state index in [1.165, 1.54) is 0 Å². The molecule has 0 aliphatic heterocycles. The van der Waals surface area contributed by atoms with Crippen LogP contribution in [0.5, 0.6) is 5.75 Å². The van der Waals surface area contributed by atoms with Gasteiger partial charge in [-0.25, -0.2) is 0 Å². The van der Waals surface area contributed by atoms with Crippen LogP contribution in [-0.2, 0) is 0 Å². The van der Waals surface area contributed by atoms with E-state index in [9.17, 15) is 0 Å². The van der Waals surface area contributed by atoms with Crippen LogP contribution < -0.4 is 15.8 Å². The molecule has 5 heteroatoms. The molecule has 19 heavy (non-hydrogen) atoms. The smallest absolute Gasteiger partial charge is 0.125 e. The molecule has 1 atom stereocenters. The first-order chi connectivity index (χ1) is 9.24. The Hall–Kier alpha value is -0.810. The molecule has 0 fully saturated rings. The number of nitrogens with one attached hydrogen (secondary N) is 1. The van der Waals surface area contributed by atoms with Crippen LogP contribution in [0.4, 0.5) is 0 Å². The first kappa shape index (κ1) is 16.2. The summed E-state index contributed by atoms with van der Waals surface area (Å²) in [5.74, 6) is 0.755. The van der Waals surface area contributed by atoms with Gasteiger partial charge in [-0.15, -0.1) is 0 Å². The van der Waals surface area contributed by atoms with Crippen molar-refractivity contribution in [1.29, 1.82) is 0 Å². The van der Waals surface area contributed by atoms with Crippen molar-refractivity contribution in [3.63, 3.8) is 0 Å². The largest absolute Gasteiger partial charge is 0.496 e. The molecule has 0 saturated heterocycles. The van der Waals surface area contributed by atoms with Crippen molar-refractivity contribution in [2.45, 2.75) is 25.3 Å². The third kappa shape index (κ3) is 4.99. The van der Waals surface area contributed by atoms with Crippen molar-refractivity contribution >= 4 is 11.6 Å². The second-order valence-corrected chi connectivity index (χ2v) is 4.79. The fourth-order valence-corrected chi connectivity index (χ4v) is 2.32. The van der Waals surface area contributed by atoms with Crippen LogP contribution in [-0.4, -0.2) is 31.9 Å². The Morgan fingerprint density at radius 2 is 2.16 bits per heavy atom. The summed E-state index contributed by atoms with van der Waals surface area (Å²) in [6, 6.07) is 5.57. The Labute approximate surface area is 119 Å². The fourth-order valence-electron chi connectivity index (χ4n) is 2.03. The predicted octanol–water partition coefficient (Wildman–Crippen LogP) is 2.10. The summed E-state index contributed by atoms with van der Waals surface area (Å²) in [5, 5.41) is 12.8. The zero-order valence-corrected chi connectivity index (χ0v) is 12.1. The van der Waals surface area contributed by atoms with Crippen LogP contribution in [0.3, 0.4) is 0 Å². The van der Waals surface area contributed by atoms with Gasteiger partial charge in [0, 0.05) is 29.8 Å². The average Bonchev–Trinajstić information content (AvgIpc) is 2.43. The summed E-state index contributed by atoms with van der Waals surface area (Å²) in [5.41, 5.74) is 6.73. The number of ether oxygens (including phenoxy) is 1. The number of methoxy groups -OCH3 is 1. The summed E-state index contributed by atoms with van der Waals surface area (Å²) in [7, 11) is 1.63. The van der Waals surface area contributed by atoms with Gasteiger partial charge < -0.3 is 20.9 Å². The topological polar surface area (TPSA) is 67.5 Å². The molecular formula is C14H23ClN2O2. The normalized spacial score (nSPS) is 12.4. The fraction of sp³-hybridized carbons (Fsp3) is 0.571. The highest BCUT2D eigenvalue weighted by Crippen LogP contribution is 2.31. The Balaban J connectivity index is 2.64. The van der Waals surface area contributed by atoms with E-state index in [0.29, 0.717) is 11.6 Å². The minimum atomic E-state index is -0.0159. The van der Waals surface area contributed by atoms with Crippen LogP contribution >= 0.6 is 11.6 Å². The van der Waals surface area contributed by atoms with Crippen molar-refractivity contribution in [2.24, 2.45) is 5.73 Å². The minimum absolute atomic E-state index is 0.0159. The molecule has 0 spiro atoms. The Morgan fingerprint density at radius 3 is 2.79 bits per heavy atom. The molecule has 1 unspecified atom stereocenters. The Kier molecular flexibility index (Phi) is 7.82. The van der Waals surface area contributed by atoms with Crippen LogP contribution in [0.2, 0.25) is 5.02 Å². The summed E-state index contributed by atoms with van der Waals surface area (Å²) in [6.07, 6.45) is 2.84. The molecule has 0 heterocycles. The van der Waals surface area contributed by atoms with Gasteiger partial charge in [0.15, 0.2) is 0 Å². The molecule has 0 radical (unpaired) electrons. The van der Waals surface area contributed by atoms with Crippen molar-refractivity contribution in [2.75, 3.05) is 26.8 Å². The molecule has 0 aromatic heterocycles. The zero-order chi connectivity index (χ0) is 14.1. The van der Waals surface area contributed by atoms with E-state index in [-0.39, 0.29) is 12.6 Å². The monoisotopic (exact) mass is 286 g/mol. The standard InChI is InChI=1S/C14H23ClN2O2/c1-19-13-7-5-6-11(15)14(13)12(10-16)17-8-3-2-4-9-18/h5-7,12,17-18H,2-4,8-10,16H2,1H3. The number of hydrogen-bond donors (Lipinski definition) is 3. The van der Waals surface area contributed by atoms with Crippen LogP contribution in [0.25, 0.3) is 0 Å². The van der Waals surface area contributed by atoms with Crippen LogP contribution in [0.1, 0.15) is 30.9 Å². The number of unbranched alkanes of at least 4 members (excludes halogenated alkanes) is 2. The SMILES string of the molecule is COc1cccc(Cl)c1C(CN)NCCCCCO. The van der Waals surface area contributed by atoms with E-state index in [2.05, 4.69) is 5.32 Å². The maximum atomic E-state index is 8.73. The third-order valence-electron chi connectivity index (χ3n) is 3.04. The summed E-state index contributed by atoms with van der Waals surface area (Å²) in [6.45, 7) is 1.55. The first-order valence-electron chi connectivity index (χ1n) is 6.61. The number of aliphatic hydroxyl groups is 1. The highest BCUT2D eigenvalue weighted by atomic mass is 35.5. The lowest BCUT2D eigenvalue weighted by Crippen LogP contribution is -2.29. The molecule has 108 valence electrons. The van der Waals surface area contributed by atoms with Crippen molar-refractivity contribution in [1.82, 2.24) is 5.32 Å². The van der Waals surface area contributed by atoms with Gasteiger partial charge in [0.25, 0.3) is 0 Å². The number of halogens is 1. The van der Waals surface area contributed by atoms with Crippen LogP contribution in [0.15, 0.2) is 18.2 Å². The molecular weight excluding hydrogens is 264 g/mol. The molecule has 0 aliphatic carbocycles. The zero-order valence-electron chi connectivity index (χ0n) is 11.4. The third-order valence-corrected chi connectivity index (χ3v) is 3.37. The lowest BCUT2D eigenvalue weighted by molar-refractivity contribution is 0.282. The van der Waals surface area contributed by atoms with Gasteiger partial charge in [-0.1, -0.05) is 17.7 Å². The molecule has 0 amide bonds. The highest BCUT2D eigenvalue weighted by Gasteiger charge is 2.17. The minimum Gasteiger partial charge on any atom is -0.496 e. The number of aliphatic hydroxyl groups excluding tert-OH is 1. The van der Waals surface area contributed by atoms with Gasteiger partial charge in [-0.05, 0) is 37.9 Å². The van der Waals surface area contributed by atoms with E-state index >= 15 is 0 Å².